The van der Waals surface area contributed by atoms with Crippen molar-refractivity contribution in [2.24, 2.45) is 4.99 Å². The van der Waals surface area contributed by atoms with Crippen molar-refractivity contribution in [1.82, 2.24) is 15.6 Å². The molecule has 116 valence electrons. The van der Waals surface area contributed by atoms with Gasteiger partial charge in [0.1, 0.15) is 5.76 Å². The van der Waals surface area contributed by atoms with E-state index in [1.807, 2.05) is 20.8 Å². The van der Waals surface area contributed by atoms with Crippen LogP contribution < -0.4 is 10.6 Å². The quantitative estimate of drug-likeness (QED) is 0.319. The van der Waals surface area contributed by atoms with Crippen LogP contribution in [0.4, 0.5) is 0 Å². The summed E-state index contributed by atoms with van der Waals surface area (Å²) in [4.78, 5) is 8.44. The number of nitrogens with one attached hydrogen (secondary N) is 2. The summed E-state index contributed by atoms with van der Waals surface area (Å²) in [6, 6.07) is 0. The van der Waals surface area contributed by atoms with Crippen molar-refractivity contribution in [2.75, 3.05) is 26.8 Å². The fraction of sp³-hybridized carbons (Fsp3) is 0.692. The van der Waals surface area contributed by atoms with Gasteiger partial charge < -0.3 is 19.8 Å². The Morgan fingerprint density at radius 1 is 1.35 bits per heavy atom. The van der Waals surface area contributed by atoms with E-state index in [4.69, 9.17) is 9.15 Å². The molecular formula is C13H25IN4O2. The average molecular weight is 396 g/mol. The van der Waals surface area contributed by atoms with Gasteiger partial charge in [-0.15, -0.1) is 24.0 Å². The van der Waals surface area contributed by atoms with Crippen LogP contribution in [0.25, 0.3) is 0 Å². The fourth-order valence-electron chi connectivity index (χ4n) is 1.52. The highest BCUT2D eigenvalue weighted by atomic mass is 127. The molecule has 1 aromatic rings. The number of ether oxygens (including phenoxy) is 1. The zero-order chi connectivity index (χ0) is 14.1. The van der Waals surface area contributed by atoms with Crippen molar-refractivity contribution in [3.05, 3.63) is 17.3 Å². The van der Waals surface area contributed by atoms with Crippen LogP contribution in [0.5, 0.6) is 0 Å². The first-order valence-corrected chi connectivity index (χ1v) is 6.62. The molecule has 6 nitrogen and oxygen atoms in total. The predicted octanol–water partition coefficient (Wildman–Crippen LogP) is 2.00. The Balaban J connectivity index is 0.00000361. The number of aryl methyl sites for hydroxylation is 2. The van der Waals surface area contributed by atoms with Crippen molar-refractivity contribution in [3.8, 4) is 0 Å². The van der Waals surface area contributed by atoms with E-state index in [9.17, 15) is 0 Å². The van der Waals surface area contributed by atoms with Crippen LogP contribution in [0.15, 0.2) is 9.41 Å². The third-order valence-electron chi connectivity index (χ3n) is 2.67. The number of halogens is 1. The molecule has 0 bridgehead atoms. The lowest BCUT2D eigenvalue weighted by Crippen LogP contribution is -2.37. The molecule has 0 aromatic carbocycles. The molecule has 1 heterocycles. The molecule has 2 N–H and O–H groups in total. The van der Waals surface area contributed by atoms with E-state index in [0.717, 1.165) is 43.6 Å². The predicted molar refractivity (Wildman–Crippen MR) is 90.7 cm³/mol. The van der Waals surface area contributed by atoms with Crippen LogP contribution in [-0.4, -0.2) is 37.7 Å². The minimum absolute atomic E-state index is 0. The van der Waals surface area contributed by atoms with Gasteiger partial charge in [-0.3, -0.25) is 4.99 Å². The summed E-state index contributed by atoms with van der Waals surface area (Å²) in [7, 11) is 1.74. The lowest BCUT2D eigenvalue weighted by atomic mass is 10.4. The number of oxazole rings is 1. The summed E-state index contributed by atoms with van der Waals surface area (Å²) < 4.78 is 10.8. The molecule has 1 aromatic heterocycles. The number of aromatic nitrogens is 1. The molecular weight excluding hydrogens is 371 g/mol. The molecule has 0 aliphatic heterocycles. The van der Waals surface area contributed by atoms with E-state index in [-0.39, 0.29) is 24.0 Å². The number of guanidine groups is 1. The normalized spacial score (nSPS) is 11.1. The van der Waals surface area contributed by atoms with Gasteiger partial charge in [0.25, 0.3) is 0 Å². The van der Waals surface area contributed by atoms with Gasteiger partial charge in [-0.25, -0.2) is 4.98 Å². The summed E-state index contributed by atoms with van der Waals surface area (Å²) in [5, 5.41) is 6.37. The monoisotopic (exact) mass is 396 g/mol. The highest BCUT2D eigenvalue weighted by Gasteiger charge is 2.05. The SMILES string of the molecule is CCOCCCNC(=NC)NCc1nc(C)c(C)o1.I. The maximum absolute atomic E-state index is 5.49. The Labute approximate surface area is 137 Å². The second-order valence-electron chi connectivity index (χ2n) is 4.15. The molecule has 0 fully saturated rings. The summed E-state index contributed by atoms with van der Waals surface area (Å²) in [5.74, 6) is 2.27. The first-order valence-electron chi connectivity index (χ1n) is 6.62. The molecule has 0 spiro atoms. The molecule has 0 atom stereocenters. The molecule has 7 heteroatoms. The summed E-state index contributed by atoms with van der Waals surface area (Å²) in [6.45, 7) is 8.71. The van der Waals surface area contributed by atoms with Crippen LogP contribution in [0.2, 0.25) is 0 Å². The Morgan fingerprint density at radius 3 is 2.65 bits per heavy atom. The maximum atomic E-state index is 5.49. The van der Waals surface area contributed by atoms with Crippen molar-refractivity contribution in [1.29, 1.82) is 0 Å². The molecule has 0 aliphatic carbocycles. The molecule has 0 saturated heterocycles. The first-order chi connectivity index (χ1) is 9.17. The number of hydrogen-bond acceptors (Lipinski definition) is 4. The number of nitrogens with zero attached hydrogens (tertiary/aromatic N) is 2. The van der Waals surface area contributed by atoms with Gasteiger partial charge in [0, 0.05) is 26.8 Å². The lowest BCUT2D eigenvalue weighted by Gasteiger charge is -2.10. The van der Waals surface area contributed by atoms with Crippen LogP contribution in [-0.2, 0) is 11.3 Å². The molecule has 0 amide bonds. The third-order valence-corrected chi connectivity index (χ3v) is 2.67. The largest absolute Gasteiger partial charge is 0.444 e. The minimum Gasteiger partial charge on any atom is -0.444 e. The van der Waals surface area contributed by atoms with Gasteiger partial charge in [0.15, 0.2) is 5.96 Å². The van der Waals surface area contributed by atoms with Crippen LogP contribution in [0.3, 0.4) is 0 Å². The average Bonchev–Trinajstić information content (AvgIpc) is 2.72. The van der Waals surface area contributed by atoms with Gasteiger partial charge >= 0.3 is 0 Å². The van der Waals surface area contributed by atoms with Crippen LogP contribution in [0, 0.1) is 13.8 Å². The number of rotatable bonds is 7. The molecule has 20 heavy (non-hydrogen) atoms. The fourth-order valence-corrected chi connectivity index (χ4v) is 1.52. The summed E-state index contributed by atoms with van der Waals surface area (Å²) in [6.07, 6.45) is 0.950. The molecule has 0 saturated carbocycles. The highest BCUT2D eigenvalue weighted by Crippen LogP contribution is 2.07. The molecule has 0 radical (unpaired) electrons. The summed E-state index contributed by atoms with van der Waals surface area (Å²) >= 11 is 0. The van der Waals surface area contributed by atoms with Crippen molar-refractivity contribution >= 4 is 29.9 Å². The van der Waals surface area contributed by atoms with Crippen LogP contribution >= 0.6 is 24.0 Å². The van der Waals surface area contributed by atoms with E-state index in [0.29, 0.717) is 12.4 Å². The van der Waals surface area contributed by atoms with E-state index in [1.54, 1.807) is 7.05 Å². The minimum atomic E-state index is 0. The van der Waals surface area contributed by atoms with Gasteiger partial charge in [-0.2, -0.15) is 0 Å². The van der Waals surface area contributed by atoms with Crippen molar-refractivity contribution < 1.29 is 9.15 Å². The second-order valence-corrected chi connectivity index (χ2v) is 4.15. The van der Waals surface area contributed by atoms with Gasteiger partial charge in [0.05, 0.1) is 12.2 Å². The molecule has 0 unspecified atom stereocenters. The third kappa shape index (κ3) is 7.09. The Morgan fingerprint density at radius 2 is 2.10 bits per heavy atom. The topological polar surface area (TPSA) is 71.7 Å². The maximum Gasteiger partial charge on any atom is 0.214 e. The molecule has 1 rings (SSSR count). The zero-order valence-corrected chi connectivity index (χ0v) is 15.0. The Hall–Kier alpha value is -0.830. The van der Waals surface area contributed by atoms with Gasteiger partial charge in [-0.1, -0.05) is 0 Å². The van der Waals surface area contributed by atoms with Gasteiger partial charge in [-0.05, 0) is 27.2 Å². The second kappa shape index (κ2) is 10.9. The molecule has 0 aliphatic rings. The van der Waals surface area contributed by atoms with Crippen molar-refractivity contribution in [3.63, 3.8) is 0 Å². The van der Waals surface area contributed by atoms with E-state index in [1.165, 1.54) is 0 Å². The first kappa shape index (κ1) is 19.2. The Bertz CT molecular complexity index is 388. The lowest BCUT2D eigenvalue weighted by molar-refractivity contribution is 0.145. The van der Waals surface area contributed by atoms with E-state index in [2.05, 4.69) is 20.6 Å². The standard InChI is InChI=1S/C13H24N4O2.HI/c1-5-18-8-6-7-15-13(14-4)16-9-12-17-10(2)11(3)19-12;/h5-9H2,1-4H3,(H2,14,15,16);1H. The highest BCUT2D eigenvalue weighted by molar-refractivity contribution is 14.0. The zero-order valence-electron chi connectivity index (χ0n) is 12.7. The van der Waals surface area contributed by atoms with Crippen LogP contribution in [0.1, 0.15) is 30.7 Å². The van der Waals surface area contributed by atoms with E-state index >= 15 is 0 Å². The number of aliphatic imine (C=N–C) groups is 1. The smallest absolute Gasteiger partial charge is 0.214 e. The summed E-state index contributed by atoms with van der Waals surface area (Å²) in [5.41, 5.74) is 0.927. The van der Waals surface area contributed by atoms with Crippen molar-refractivity contribution in [2.45, 2.75) is 33.7 Å². The van der Waals surface area contributed by atoms with E-state index < -0.39 is 0 Å². The van der Waals surface area contributed by atoms with Gasteiger partial charge in [0.2, 0.25) is 5.89 Å². The Kier molecular flexibility index (Phi) is 10.4. The number of hydrogen-bond donors (Lipinski definition) is 2.